The van der Waals surface area contributed by atoms with E-state index in [4.69, 9.17) is 17.3 Å². The van der Waals surface area contributed by atoms with Gasteiger partial charge in [-0.05, 0) is 24.6 Å². The first-order valence-electron chi connectivity index (χ1n) is 5.08. The number of carbonyl (C=O) groups is 1. The SMILES string of the molecule is N[C@H]1CCN(C(=O)c2cc(Br)ccc2Cl)C1. The first-order valence-corrected chi connectivity index (χ1v) is 6.25. The molecular weight excluding hydrogens is 291 g/mol. The highest BCUT2D eigenvalue weighted by molar-refractivity contribution is 9.10. The molecule has 0 spiro atoms. The fourth-order valence-corrected chi connectivity index (χ4v) is 2.36. The molecule has 0 aliphatic carbocycles. The van der Waals surface area contributed by atoms with Crippen molar-refractivity contribution in [2.75, 3.05) is 13.1 Å². The van der Waals surface area contributed by atoms with E-state index >= 15 is 0 Å². The third-order valence-electron chi connectivity index (χ3n) is 2.67. The number of likely N-dealkylation sites (tertiary alicyclic amines) is 1. The number of carbonyl (C=O) groups excluding carboxylic acids is 1. The van der Waals surface area contributed by atoms with Crippen molar-refractivity contribution < 1.29 is 4.79 Å². The van der Waals surface area contributed by atoms with Crippen LogP contribution in [0.5, 0.6) is 0 Å². The minimum absolute atomic E-state index is 0.0424. The second-order valence-electron chi connectivity index (χ2n) is 3.92. The topological polar surface area (TPSA) is 46.3 Å². The van der Waals surface area contributed by atoms with Gasteiger partial charge in [0.2, 0.25) is 0 Å². The van der Waals surface area contributed by atoms with Crippen LogP contribution in [-0.2, 0) is 0 Å². The van der Waals surface area contributed by atoms with Crippen LogP contribution in [0.15, 0.2) is 22.7 Å². The van der Waals surface area contributed by atoms with Gasteiger partial charge in [-0.1, -0.05) is 27.5 Å². The maximum Gasteiger partial charge on any atom is 0.255 e. The number of hydrogen-bond acceptors (Lipinski definition) is 2. The van der Waals surface area contributed by atoms with Crippen LogP contribution in [0.2, 0.25) is 5.02 Å². The number of nitrogens with two attached hydrogens (primary N) is 1. The summed E-state index contributed by atoms with van der Waals surface area (Å²) in [5.41, 5.74) is 6.31. The second-order valence-corrected chi connectivity index (χ2v) is 5.25. The molecule has 16 heavy (non-hydrogen) atoms. The van der Waals surface area contributed by atoms with Gasteiger partial charge < -0.3 is 10.6 Å². The monoisotopic (exact) mass is 302 g/mol. The highest BCUT2D eigenvalue weighted by atomic mass is 79.9. The Hall–Kier alpha value is -0.580. The fraction of sp³-hybridized carbons (Fsp3) is 0.364. The van der Waals surface area contributed by atoms with Crippen molar-refractivity contribution in [2.45, 2.75) is 12.5 Å². The molecule has 0 saturated carbocycles. The Balaban J connectivity index is 2.23. The van der Waals surface area contributed by atoms with Crippen LogP contribution in [0.3, 0.4) is 0 Å². The maximum absolute atomic E-state index is 12.1. The molecule has 1 heterocycles. The van der Waals surface area contributed by atoms with Gasteiger partial charge in [0, 0.05) is 23.6 Å². The van der Waals surface area contributed by atoms with E-state index in [2.05, 4.69) is 15.9 Å². The van der Waals surface area contributed by atoms with Crippen molar-refractivity contribution in [2.24, 2.45) is 5.73 Å². The molecule has 5 heteroatoms. The molecule has 1 saturated heterocycles. The Morgan fingerprint density at radius 3 is 2.94 bits per heavy atom. The lowest BCUT2D eigenvalue weighted by Gasteiger charge is -2.16. The molecule has 3 nitrogen and oxygen atoms in total. The lowest BCUT2D eigenvalue weighted by molar-refractivity contribution is 0.0791. The normalized spacial score (nSPS) is 20.2. The van der Waals surface area contributed by atoms with E-state index in [1.807, 2.05) is 6.07 Å². The van der Waals surface area contributed by atoms with Crippen molar-refractivity contribution in [3.63, 3.8) is 0 Å². The van der Waals surface area contributed by atoms with E-state index in [1.54, 1.807) is 17.0 Å². The van der Waals surface area contributed by atoms with Crippen LogP contribution in [0.1, 0.15) is 16.8 Å². The number of benzene rings is 1. The summed E-state index contributed by atoms with van der Waals surface area (Å²) in [5.74, 6) is -0.0424. The Morgan fingerprint density at radius 2 is 2.31 bits per heavy atom. The molecule has 1 aliphatic heterocycles. The first-order chi connectivity index (χ1) is 7.58. The maximum atomic E-state index is 12.1. The lowest BCUT2D eigenvalue weighted by atomic mass is 10.2. The van der Waals surface area contributed by atoms with E-state index in [1.165, 1.54) is 0 Å². The summed E-state index contributed by atoms with van der Waals surface area (Å²) >= 11 is 9.34. The third-order valence-corrected chi connectivity index (χ3v) is 3.49. The van der Waals surface area contributed by atoms with Gasteiger partial charge in [0.25, 0.3) is 5.91 Å². The molecule has 0 unspecified atom stereocenters. The Morgan fingerprint density at radius 1 is 1.56 bits per heavy atom. The minimum Gasteiger partial charge on any atom is -0.337 e. The molecule has 0 bridgehead atoms. The third kappa shape index (κ3) is 2.39. The summed E-state index contributed by atoms with van der Waals surface area (Å²) in [7, 11) is 0. The van der Waals surface area contributed by atoms with E-state index in [0.29, 0.717) is 23.7 Å². The van der Waals surface area contributed by atoms with Crippen molar-refractivity contribution in [3.05, 3.63) is 33.3 Å². The summed E-state index contributed by atoms with van der Waals surface area (Å²) in [6.07, 6.45) is 0.858. The zero-order valence-corrected chi connectivity index (χ0v) is 11.0. The second kappa shape index (κ2) is 4.73. The van der Waals surface area contributed by atoms with Crippen LogP contribution < -0.4 is 5.73 Å². The molecule has 0 aromatic heterocycles. The molecule has 2 N–H and O–H groups in total. The van der Waals surface area contributed by atoms with Crippen LogP contribution in [0.25, 0.3) is 0 Å². The van der Waals surface area contributed by atoms with Crippen molar-refractivity contribution >= 4 is 33.4 Å². The summed E-state index contributed by atoms with van der Waals surface area (Å²) < 4.78 is 0.851. The molecule has 1 aromatic carbocycles. The molecule has 1 aliphatic rings. The first kappa shape index (κ1) is 11.9. The summed E-state index contributed by atoms with van der Waals surface area (Å²) in [5, 5.41) is 0.480. The Labute approximate surface area is 108 Å². The summed E-state index contributed by atoms with van der Waals surface area (Å²) in [6, 6.07) is 5.37. The van der Waals surface area contributed by atoms with Gasteiger partial charge in [0.1, 0.15) is 0 Å². The number of hydrogen-bond donors (Lipinski definition) is 1. The van der Waals surface area contributed by atoms with Gasteiger partial charge in [-0.15, -0.1) is 0 Å². The minimum atomic E-state index is -0.0424. The van der Waals surface area contributed by atoms with Crippen LogP contribution in [0.4, 0.5) is 0 Å². The quantitative estimate of drug-likeness (QED) is 0.865. The van der Waals surface area contributed by atoms with E-state index < -0.39 is 0 Å². The molecule has 1 atom stereocenters. The van der Waals surface area contributed by atoms with Gasteiger partial charge in [-0.2, -0.15) is 0 Å². The number of rotatable bonds is 1. The molecule has 1 fully saturated rings. The molecule has 1 amide bonds. The van der Waals surface area contributed by atoms with Gasteiger partial charge in [0.15, 0.2) is 0 Å². The molecule has 0 radical (unpaired) electrons. The van der Waals surface area contributed by atoms with Gasteiger partial charge in [-0.3, -0.25) is 4.79 Å². The average Bonchev–Trinajstić information content (AvgIpc) is 2.67. The van der Waals surface area contributed by atoms with Crippen molar-refractivity contribution in [1.29, 1.82) is 0 Å². The largest absolute Gasteiger partial charge is 0.337 e. The van der Waals surface area contributed by atoms with Crippen LogP contribution in [0, 0.1) is 0 Å². The van der Waals surface area contributed by atoms with E-state index in [0.717, 1.165) is 10.9 Å². The number of halogens is 2. The highest BCUT2D eigenvalue weighted by Crippen LogP contribution is 2.23. The predicted octanol–water partition coefficient (Wildman–Crippen LogP) is 2.28. The smallest absolute Gasteiger partial charge is 0.255 e. The van der Waals surface area contributed by atoms with Crippen molar-refractivity contribution in [1.82, 2.24) is 4.90 Å². The fourth-order valence-electron chi connectivity index (χ4n) is 1.80. The molecular formula is C11H12BrClN2O. The van der Waals surface area contributed by atoms with Crippen LogP contribution in [-0.4, -0.2) is 29.9 Å². The van der Waals surface area contributed by atoms with Gasteiger partial charge in [-0.25, -0.2) is 0 Å². The van der Waals surface area contributed by atoms with Gasteiger partial charge in [0.05, 0.1) is 10.6 Å². The van der Waals surface area contributed by atoms with Crippen LogP contribution >= 0.6 is 27.5 Å². The van der Waals surface area contributed by atoms with Crippen molar-refractivity contribution in [3.8, 4) is 0 Å². The number of nitrogens with zero attached hydrogens (tertiary/aromatic N) is 1. The van der Waals surface area contributed by atoms with E-state index in [9.17, 15) is 4.79 Å². The molecule has 1 aromatic rings. The van der Waals surface area contributed by atoms with E-state index in [-0.39, 0.29) is 11.9 Å². The standard InChI is InChI=1S/C11H12BrClN2O/c12-7-1-2-10(13)9(5-7)11(16)15-4-3-8(14)6-15/h1-2,5,8H,3-4,6,14H2/t8-/m0/s1. The molecule has 2 rings (SSSR count). The zero-order chi connectivity index (χ0) is 11.7. The van der Waals surface area contributed by atoms with Gasteiger partial charge >= 0.3 is 0 Å². The lowest BCUT2D eigenvalue weighted by Crippen LogP contribution is -2.32. The highest BCUT2D eigenvalue weighted by Gasteiger charge is 2.25. The summed E-state index contributed by atoms with van der Waals surface area (Å²) in [4.78, 5) is 13.9. The average molecular weight is 304 g/mol. The molecule has 86 valence electrons. The summed E-state index contributed by atoms with van der Waals surface area (Å²) in [6.45, 7) is 1.32. The number of amides is 1. The Kier molecular flexibility index (Phi) is 3.52. The predicted molar refractivity (Wildman–Crippen MR) is 67.6 cm³/mol. The Bertz CT molecular complexity index is 424. The zero-order valence-electron chi connectivity index (χ0n) is 8.62.